The molecule has 1 saturated heterocycles. The average Bonchev–Trinajstić information content (AvgIpc) is 2.46. The van der Waals surface area contributed by atoms with Gasteiger partial charge in [-0.1, -0.05) is 39.0 Å². The molecular weight excluding hydrogens is 264 g/mol. The van der Waals surface area contributed by atoms with Crippen LogP contribution in [0.5, 0.6) is 0 Å². The van der Waals surface area contributed by atoms with E-state index in [1.165, 1.54) is 19.3 Å². The molecule has 1 aliphatic heterocycles. The molecule has 1 rings (SSSR count). The van der Waals surface area contributed by atoms with Gasteiger partial charge in [0.1, 0.15) is 24.4 Å². The van der Waals surface area contributed by atoms with Crippen LogP contribution in [0.3, 0.4) is 0 Å². The molecule has 0 spiro atoms. The predicted octanol–water partition coefficient (Wildman–Crippen LogP) is 0.163. The van der Waals surface area contributed by atoms with Gasteiger partial charge in [0.15, 0.2) is 6.29 Å². The quantitative estimate of drug-likeness (QED) is 0.452. The molecule has 0 saturated carbocycles. The molecule has 120 valence electrons. The van der Waals surface area contributed by atoms with E-state index >= 15 is 0 Å². The zero-order chi connectivity index (χ0) is 15.0. The fourth-order valence-electron chi connectivity index (χ4n) is 2.29. The number of hydrogen-bond acceptors (Lipinski definition) is 6. The molecule has 1 heterocycles. The van der Waals surface area contributed by atoms with Gasteiger partial charge in [-0.2, -0.15) is 0 Å². The van der Waals surface area contributed by atoms with Gasteiger partial charge in [-0.3, -0.25) is 0 Å². The molecule has 0 unspecified atom stereocenters. The molecule has 0 aliphatic carbocycles. The zero-order valence-corrected chi connectivity index (χ0v) is 12.1. The van der Waals surface area contributed by atoms with Crippen LogP contribution in [0.2, 0.25) is 0 Å². The molecule has 4 N–H and O–H groups in total. The van der Waals surface area contributed by atoms with Gasteiger partial charge in [-0.25, -0.2) is 0 Å². The molecule has 0 aromatic carbocycles. The maximum atomic E-state index is 9.75. The van der Waals surface area contributed by atoms with Gasteiger partial charge in [-0.05, 0) is 6.42 Å². The van der Waals surface area contributed by atoms with E-state index in [2.05, 4.69) is 6.92 Å². The summed E-state index contributed by atoms with van der Waals surface area (Å²) >= 11 is 0. The van der Waals surface area contributed by atoms with Crippen LogP contribution in [0.1, 0.15) is 45.4 Å². The number of ether oxygens (including phenoxy) is 2. The SMILES string of the molecule is CCCCCCCCO[C@@H]1O[C@@H](CO)[C@@H](O)[C@@H](O)[C@H]1O. The Balaban J connectivity index is 2.21. The molecular formula is C14H28O6. The smallest absolute Gasteiger partial charge is 0.186 e. The summed E-state index contributed by atoms with van der Waals surface area (Å²) < 4.78 is 10.6. The van der Waals surface area contributed by atoms with Gasteiger partial charge in [0.25, 0.3) is 0 Å². The van der Waals surface area contributed by atoms with Crippen molar-refractivity contribution in [3.8, 4) is 0 Å². The van der Waals surface area contributed by atoms with Gasteiger partial charge in [-0.15, -0.1) is 0 Å². The van der Waals surface area contributed by atoms with Crippen molar-refractivity contribution in [3.63, 3.8) is 0 Å². The van der Waals surface area contributed by atoms with Gasteiger partial charge in [0.05, 0.1) is 6.61 Å². The third kappa shape index (κ3) is 5.27. The number of hydrogen-bond donors (Lipinski definition) is 4. The first kappa shape index (κ1) is 17.8. The maximum Gasteiger partial charge on any atom is 0.186 e. The summed E-state index contributed by atoms with van der Waals surface area (Å²) in [6.07, 6.45) is 0.851. The highest BCUT2D eigenvalue weighted by molar-refractivity contribution is 4.88. The van der Waals surface area contributed by atoms with Crippen molar-refractivity contribution in [2.24, 2.45) is 0 Å². The van der Waals surface area contributed by atoms with E-state index in [4.69, 9.17) is 14.6 Å². The highest BCUT2D eigenvalue weighted by Crippen LogP contribution is 2.22. The van der Waals surface area contributed by atoms with Gasteiger partial charge in [0.2, 0.25) is 0 Å². The predicted molar refractivity (Wildman–Crippen MR) is 73.1 cm³/mol. The number of unbranched alkanes of at least 4 members (excludes halogenated alkanes) is 5. The summed E-state index contributed by atoms with van der Waals surface area (Å²) in [5.41, 5.74) is 0. The first-order valence-corrected chi connectivity index (χ1v) is 7.54. The van der Waals surface area contributed by atoms with E-state index in [0.717, 1.165) is 19.3 Å². The summed E-state index contributed by atoms with van der Waals surface area (Å²) in [5, 5.41) is 38.0. The van der Waals surface area contributed by atoms with Crippen LogP contribution in [0, 0.1) is 0 Å². The van der Waals surface area contributed by atoms with Crippen molar-refractivity contribution in [1.82, 2.24) is 0 Å². The first-order valence-electron chi connectivity index (χ1n) is 7.54. The lowest BCUT2D eigenvalue weighted by molar-refractivity contribution is -0.301. The lowest BCUT2D eigenvalue weighted by atomic mass is 9.99. The zero-order valence-electron chi connectivity index (χ0n) is 12.1. The monoisotopic (exact) mass is 292 g/mol. The summed E-state index contributed by atoms with van der Waals surface area (Å²) in [4.78, 5) is 0. The topological polar surface area (TPSA) is 99.4 Å². The van der Waals surface area contributed by atoms with Crippen molar-refractivity contribution in [3.05, 3.63) is 0 Å². The Hall–Kier alpha value is -0.240. The Morgan fingerprint density at radius 3 is 2.20 bits per heavy atom. The Bertz CT molecular complexity index is 248. The summed E-state index contributed by atoms with van der Waals surface area (Å²) in [6.45, 7) is 2.17. The molecule has 0 bridgehead atoms. The second kappa shape index (κ2) is 9.65. The van der Waals surface area contributed by atoms with Gasteiger partial charge < -0.3 is 29.9 Å². The van der Waals surface area contributed by atoms with Crippen LogP contribution in [-0.4, -0.2) is 64.3 Å². The maximum absolute atomic E-state index is 9.75. The van der Waals surface area contributed by atoms with E-state index in [-0.39, 0.29) is 0 Å². The van der Waals surface area contributed by atoms with Crippen molar-refractivity contribution < 1.29 is 29.9 Å². The van der Waals surface area contributed by atoms with Crippen LogP contribution in [0.25, 0.3) is 0 Å². The average molecular weight is 292 g/mol. The molecule has 1 aliphatic rings. The third-order valence-electron chi connectivity index (χ3n) is 3.63. The van der Waals surface area contributed by atoms with Crippen LogP contribution < -0.4 is 0 Å². The standard InChI is InChI=1S/C14H28O6/c1-2-3-4-5-6-7-8-19-14-13(18)12(17)11(16)10(9-15)20-14/h10-18H,2-9H2,1H3/t10-,11+,12+,13+,14+/m0/s1. The van der Waals surface area contributed by atoms with Crippen molar-refractivity contribution >= 4 is 0 Å². The first-order chi connectivity index (χ1) is 9.61. The highest BCUT2D eigenvalue weighted by atomic mass is 16.7. The molecule has 6 heteroatoms. The van der Waals surface area contributed by atoms with Crippen molar-refractivity contribution in [1.29, 1.82) is 0 Å². The molecule has 20 heavy (non-hydrogen) atoms. The van der Waals surface area contributed by atoms with Gasteiger partial charge in [0, 0.05) is 6.61 Å². The fourth-order valence-corrected chi connectivity index (χ4v) is 2.29. The lowest BCUT2D eigenvalue weighted by Gasteiger charge is -2.39. The third-order valence-corrected chi connectivity index (χ3v) is 3.63. The number of rotatable bonds is 9. The van der Waals surface area contributed by atoms with Crippen molar-refractivity contribution in [2.45, 2.75) is 76.2 Å². The van der Waals surface area contributed by atoms with E-state index in [1.807, 2.05) is 0 Å². The second-order valence-electron chi connectivity index (χ2n) is 5.34. The Labute approximate surface area is 120 Å². The van der Waals surface area contributed by atoms with E-state index in [9.17, 15) is 15.3 Å². The fraction of sp³-hybridized carbons (Fsp3) is 1.00. The van der Waals surface area contributed by atoms with E-state index in [1.54, 1.807) is 0 Å². The molecule has 6 nitrogen and oxygen atoms in total. The Morgan fingerprint density at radius 1 is 0.900 bits per heavy atom. The normalized spacial score (nSPS) is 34.4. The van der Waals surface area contributed by atoms with Crippen LogP contribution in [0.4, 0.5) is 0 Å². The van der Waals surface area contributed by atoms with Crippen LogP contribution >= 0.6 is 0 Å². The number of aliphatic hydroxyl groups excluding tert-OH is 4. The summed E-state index contributed by atoms with van der Waals surface area (Å²) in [7, 11) is 0. The van der Waals surface area contributed by atoms with E-state index in [0.29, 0.717) is 6.61 Å². The molecule has 0 radical (unpaired) electrons. The van der Waals surface area contributed by atoms with Crippen LogP contribution in [0.15, 0.2) is 0 Å². The van der Waals surface area contributed by atoms with Crippen molar-refractivity contribution in [2.75, 3.05) is 13.2 Å². The Morgan fingerprint density at radius 2 is 1.55 bits per heavy atom. The minimum Gasteiger partial charge on any atom is -0.394 e. The highest BCUT2D eigenvalue weighted by Gasteiger charge is 2.43. The number of aliphatic hydroxyl groups is 4. The molecule has 0 aromatic rings. The van der Waals surface area contributed by atoms with E-state index < -0.39 is 37.3 Å². The molecule has 0 amide bonds. The second-order valence-corrected chi connectivity index (χ2v) is 5.34. The largest absolute Gasteiger partial charge is 0.394 e. The lowest BCUT2D eigenvalue weighted by Crippen LogP contribution is -2.59. The minimum absolute atomic E-state index is 0.425. The molecule has 0 aromatic heterocycles. The van der Waals surface area contributed by atoms with Gasteiger partial charge >= 0.3 is 0 Å². The van der Waals surface area contributed by atoms with Crippen LogP contribution in [-0.2, 0) is 9.47 Å². The summed E-state index contributed by atoms with van der Waals surface area (Å²) in [6, 6.07) is 0. The molecule has 5 atom stereocenters. The Kier molecular flexibility index (Phi) is 8.60. The summed E-state index contributed by atoms with van der Waals surface area (Å²) in [5.74, 6) is 0. The minimum atomic E-state index is -1.37. The molecule has 1 fully saturated rings.